The van der Waals surface area contributed by atoms with Crippen LogP contribution in [0.4, 0.5) is 0 Å². The van der Waals surface area contributed by atoms with Gasteiger partial charge in [-0.3, -0.25) is 9.69 Å². The van der Waals surface area contributed by atoms with E-state index in [1.165, 1.54) is 42.4 Å². The van der Waals surface area contributed by atoms with Gasteiger partial charge in [-0.15, -0.1) is 0 Å². The maximum absolute atomic E-state index is 12.4. The van der Waals surface area contributed by atoms with Crippen molar-refractivity contribution in [3.05, 3.63) is 23.8 Å². The SMILES string of the molecule is COc1ccc(CNC(=O)CCC2CCCN(C3CSCCSC3)C2)c(OC)c1. The topological polar surface area (TPSA) is 50.8 Å². The summed E-state index contributed by atoms with van der Waals surface area (Å²) in [6.07, 6.45) is 4.10. The molecule has 1 atom stereocenters. The number of rotatable bonds is 8. The number of benzene rings is 1. The van der Waals surface area contributed by atoms with E-state index in [0.29, 0.717) is 24.9 Å². The summed E-state index contributed by atoms with van der Waals surface area (Å²) < 4.78 is 10.6. The van der Waals surface area contributed by atoms with Gasteiger partial charge < -0.3 is 14.8 Å². The first-order chi connectivity index (χ1) is 14.2. The fourth-order valence-electron chi connectivity index (χ4n) is 4.10. The van der Waals surface area contributed by atoms with Gasteiger partial charge in [-0.2, -0.15) is 23.5 Å². The Morgan fingerprint density at radius 1 is 1.21 bits per heavy atom. The van der Waals surface area contributed by atoms with Gasteiger partial charge in [0.25, 0.3) is 0 Å². The molecule has 1 N–H and O–H groups in total. The lowest BCUT2D eigenvalue weighted by Gasteiger charge is -2.37. The van der Waals surface area contributed by atoms with Crippen LogP contribution in [0.1, 0.15) is 31.2 Å². The van der Waals surface area contributed by atoms with Crippen molar-refractivity contribution in [2.24, 2.45) is 5.92 Å². The molecular weight excluding hydrogens is 404 g/mol. The standard InChI is InChI=1S/C22H34N2O3S2/c1-26-20-7-6-18(21(12-20)27-2)13-23-22(25)8-5-17-4-3-9-24(14-17)19-15-28-10-11-29-16-19/h6-7,12,17,19H,3-5,8-11,13-16H2,1-2H3,(H,23,25). The third-order valence-corrected chi connectivity index (χ3v) is 8.29. The van der Waals surface area contributed by atoms with Crippen LogP contribution >= 0.6 is 23.5 Å². The van der Waals surface area contributed by atoms with Crippen LogP contribution in [-0.2, 0) is 11.3 Å². The first-order valence-electron chi connectivity index (χ1n) is 10.6. The Hall–Kier alpha value is -1.05. The minimum atomic E-state index is 0.126. The molecule has 162 valence electrons. The number of carbonyl (C=O) groups excluding carboxylic acids is 1. The van der Waals surface area contributed by atoms with E-state index in [2.05, 4.69) is 33.7 Å². The van der Waals surface area contributed by atoms with Crippen molar-refractivity contribution in [1.82, 2.24) is 10.2 Å². The Morgan fingerprint density at radius 2 is 2.00 bits per heavy atom. The molecule has 1 aromatic carbocycles. The molecule has 2 fully saturated rings. The lowest BCUT2D eigenvalue weighted by atomic mass is 9.92. The number of amides is 1. The Labute approximate surface area is 183 Å². The van der Waals surface area contributed by atoms with Crippen molar-refractivity contribution in [1.29, 1.82) is 0 Å². The second-order valence-electron chi connectivity index (χ2n) is 7.80. The highest BCUT2D eigenvalue weighted by Crippen LogP contribution is 2.27. The van der Waals surface area contributed by atoms with E-state index in [1.807, 2.05) is 18.2 Å². The molecule has 2 aliphatic heterocycles. The molecule has 0 radical (unpaired) electrons. The van der Waals surface area contributed by atoms with Gasteiger partial charge >= 0.3 is 0 Å². The smallest absolute Gasteiger partial charge is 0.220 e. The molecular formula is C22H34N2O3S2. The molecule has 5 nitrogen and oxygen atoms in total. The third-order valence-electron chi connectivity index (χ3n) is 5.81. The van der Waals surface area contributed by atoms with Gasteiger partial charge in [0.1, 0.15) is 11.5 Å². The number of thioether (sulfide) groups is 2. The van der Waals surface area contributed by atoms with Gasteiger partial charge in [-0.1, -0.05) is 0 Å². The van der Waals surface area contributed by atoms with Crippen LogP contribution in [0.15, 0.2) is 18.2 Å². The molecule has 29 heavy (non-hydrogen) atoms. The zero-order valence-corrected chi connectivity index (χ0v) is 19.3. The number of ether oxygens (including phenoxy) is 2. The molecule has 0 bridgehead atoms. The van der Waals surface area contributed by atoms with Crippen LogP contribution in [0.3, 0.4) is 0 Å². The fraction of sp³-hybridized carbons (Fsp3) is 0.682. The van der Waals surface area contributed by atoms with E-state index < -0.39 is 0 Å². The Bertz CT molecular complexity index is 651. The quantitative estimate of drug-likeness (QED) is 0.668. The summed E-state index contributed by atoms with van der Waals surface area (Å²) in [6, 6.07) is 6.40. The van der Waals surface area contributed by atoms with Crippen LogP contribution in [0.5, 0.6) is 11.5 Å². The van der Waals surface area contributed by atoms with Crippen LogP contribution in [-0.4, -0.2) is 67.2 Å². The Morgan fingerprint density at radius 3 is 2.72 bits per heavy atom. The summed E-state index contributed by atoms with van der Waals surface area (Å²) in [4.78, 5) is 15.1. The molecule has 1 amide bonds. The first kappa shape index (κ1) is 22.6. The number of nitrogens with zero attached hydrogens (tertiary/aromatic N) is 1. The molecule has 3 rings (SSSR count). The van der Waals surface area contributed by atoms with Gasteiger partial charge in [-0.05, 0) is 43.9 Å². The van der Waals surface area contributed by atoms with Crippen molar-refractivity contribution in [3.63, 3.8) is 0 Å². The van der Waals surface area contributed by atoms with E-state index in [4.69, 9.17) is 9.47 Å². The van der Waals surface area contributed by atoms with Gasteiger partial charge in [0.15, 0.2) is 0 Å². The summed E-state index contributed by atoms with van der Waals surface area (Å²) in [5.41, 5.74) is 0.967. The first-order valence-corrected chi connectivity index (χ1v) is 12.9. The predicted octanol–water partition coefficient (Wildman–Crippen LogP) is 3.66. The fourth-order valence-corrected chi connectivity index (χ4v) is 6.72. The van der Waals surface area contributed by atoms with E-state index in [1.54, 1.807) is 14.2 Å². The second kappa shape index (κ2) is 12.0. The number of piperidine rings is 1. The number of likely N-dealkylation sites (tertiary alicyclic amines) is 1. The van der Waals surface area contributed by atoms with E-state index in [9.17, 15) is 4.79 Å². The van der Waals surface area contributed by atoms with E-state index in [0.717, 1.165) is 30.0 Å². The van der Waals surface area contributed by atoms with Gasteiger partial charge in [0.05, 0.1) is 14.2 Å². The second-order valence-corrected chi connectivity index (χ2v) is 10.1. The molecule has 0 saturated carbocycles. The Balaban J connectivity index is 1.42. The summed E-state index contributed by atoms with van der Waals surface area (Å²) in [6.45, 7) is 2.87. The summed E-state index contributed by atoms with van der Waals surface area (Å²) in [5, 5.41) is 3.05. The maximum atomic E-state index is 12.4. The summed E-state index contributed by atoms with van der Waals surface area (Å²) in [7, 11) is 3.27. The maximum Gasteiger partial charge on any atom is 0.220 e. The number of carbonyl (C=O) groups is 1. The van der Waals surface area contributed by atoms with Crippen molar-refractivity contribution in [3.8, 4) is 11.5 Å². The summed E-state index contributed by atoms with van der Waals surface area (Å²) >= 11 is 4.20. The predicted molar refractivity (Wildman–Crippen MR) is 123 cm³/mol. The van der Waals surface area contributed by atoms with Gasteiger partial charge in [-0.25, -0.2) is 0 Å². The molecule has 2 saturated heterocycles. The van der Waals surface area contributed by atoms with Crippen LogP contribution in [0.2, 0.25) is 0 Å². The minimum absolute atomic E-state index is 0.126. The third kappa shape index (κ3) is 7.00. The van der Waals surface area contributed by atoms with E-state index >= 15 is 0 Å². The lowest BCUT2D eigenvalue weighted by Crippen LogP contribution is -2.45. The zero-order chi connectivity index (χ0) is 20.5. The average Bonchev–Trinajstić information content (AvgIpc) is 3.06. The summed E-state index contributed by atoms with van der Waals surface area (Å²) in [5.74, 6) is 7.38. The van der Waals surface area contributed by atoms with Crippen LogP contribution in [0.25, 0.3) is 0 Å². The molecule has 2 heterocycles. The highest BCUT2D eigenvalue weighted by atomic mass is 32.2. The molecule has 7 heteroatoms. The monoisotopic (exact) mass is 438 g/mol. The molecule has 0 aliphatic carbocycles. The highest BCUT2D eigenvalue weighted by molar-refractivity contribution is 8.03. The van der Waals surface area contributed by atoms with E-state index in [-0.39, 0.29) is 5.91 Å². The lowest BCUT2D eigenvalue weighted by molar-refractivity contribution is -0.121. The molecule has 2 aliphatic rings. The average molecular weight is 439 g/mol. The molecule has 0 aromatic heterocycles. The molecule has 0 spiro atoms. The Kier molecular flexibility index (Phi) is 9.34. The molecule has 1 aromatic rings. The largest absolute Gasteiger partial charge is 0.497 e. The van der Waals surface area contributed by atoms with Gasteiger partial charge in [0, 0.05) is 60.2 Å². The number of methoxy groups -OCH3 is 2. The number of hydrogen-bond donors (Lipinski definition) is 1. The van der Waals surface area contributed by atoms with Crippen molar-refractivity contribution in [2.75, 3.05) is 50.3 Å². The highest BCUT2D eigenvalue weighted by Gasteiger charge is 2.27. The van der Waals surface area contributed by atoms with Crippen LogP contribution in [0, 0.1) is 5.92 Å². The molecule has 1 unspecified atom stereocenters. The van der Waals surface area contributed by atoms with Crippen molar-refractivity contribution < 1.29 is 14.3 Å². The van der Waals surface area contributed by atoms with Gasteiger partial charge in [0.2, 0.25) is 5.91 Å². The van der Waals surface area contributed by atoms with Crippen molar-refractivity contribution in [2.45, 2.75) is 38.3 Å². The minimum Gasteiger partial charge on any atom is -0.497 e. The normalized spacial score (nSPS) is 21.4. The van der Waals surface area contributed by atoms with Crippen molar-refractivity contribution >= 4 is 29.4 Å². The number of nitrogens with one attached hydrogen (secondary N) is 1. The van der Waals surface area contributed by atoms with Crippen LogP contribution < -0.4 is 14.8 Å². The zero-order valence-electron chi connectivity index (χ0n) is 17.7. The number of hydrogen-bond acceptors (Lipinski definition) is 6.